The first-order valence-electron chi connectivity index (χ1n) is 18.3. The Balaban J connectivity index is 1.03. The van der Waals surface area contributed by atoms with E-state index < -0.39 is 36.3 Å². The molecule has 0 bridgehead atoms. The van der Waals surface area contributed by atoms with Crippen LogP contribution in [0.2, 0.25) is 0 Å². The van der Waals surface area contributed by atoms with Gasteiger partial charge in [0.2, 0.25) is 17.9 Å². The van der Waals surface area contributed by atoms with Crippen LogP contribution >= 0.6 is 0 Å². The molecule has 4 atom stereocenters. The molecule has 3 aromatic heterocycles. The van der Waals surface area contributed by atoms with E-state index in [1.807, 2.05) is 36.4 Å². The molecule has 16 heteroatoms. The molecule has 0 spiro atoms. The Labute approximate surface area is 327 Å². The van der Waals surface area contributed by atoms with Crippen molar-refractivity contribution in [3.63, 3.8) is 0 Å². The summed E-state index contributed by atoms with van der Waals surface area (Å²) in [5.74, 6) is 1.16. The highest BCUT2D eigenvalue weighted by Gasteiger charge is 2.38. The van der Waals surface area contributed by atoms with Gasteiger partial charge in [-0.3, -0.25) is 9.59 Å². The van der Waals surface area contributed by atoms with Crippen LogP contribution in [0, 0.1) is 0 Å². The Morgan fingerprint density at radius 1 is 0.825 bits per heavy atom. The number of benzene rings is 3. The van der Waals surface area contributed by atoms with Crippen molar-refractivity contribution in [1.29, 1.82) is 0 Å². The molecule has 5 N–H and O–H groups in total. The highest BCUT2D eigenvalue weighted by molar-refractivity contribution is 5.87. The van der Waals surface area contributed by atoms with Gasteiger partial charge in [0.25, 0.3) is 5.91 Å². The fourth-order valence-corrected chi connectivity index (χ4v) is 6.70. The molecule has 0 saturated carbocycles. The summed E-state index contributed by atoms with van der Waals surface area (Å²) in [6, 6.07) is 23.6. The van der Waals surface area contributed by atoms with E-state index in [0.717, 1.165) is 17.5 Å². The molecule has 1 aliphatic rings. The number of aromatic nitrogens is 5. The number of carbonyl (C=O) groups excluding carboxylic acids is 4. The standard InChI is InChI=1S/C41H41N9O7/c1-24(46-37(51)33(49-41(54)55-3)25-12-6-4-7-13-25)35-43-21-29(47-35)27-16-10-17-28(20-27)32-23-45-38(56-32)30-22-44-36(48-30)31-18-11-19-50(31)39(52)34(57-40(53)42-2)26-14-8-5-9-15-26/h4-10,12-17,20-24,31,33-34H,11,18-19H2,1-3H3,(H,42,53)(H,43,47)(H,44,48)(H,46,51)(H,49,54)/t24-,31-,33+,34+/m0/s1. The Bertz CT molecular complexity index is 2340. The number of likely N-dealkylation sites (tertiary alicyclic amines) is 1. The van der Waals surface area contributed by atoms with Crippen LogP contribution in [-0.4, -0.2) is 74.5 Å². The third kappa shape index (κ3) is 8.54. The summed E-state index contributed by atoms with van der Waals surface area (Å²) in [4.78, 5) is 73.3. The van der Waals surface area contributed by atoms with Gasteiger partial charge in [0.05, 0.1) is 43.5 Å². The van der Waals surface area contributed by atoms with Gasteiger partial charge in [-0.25, -0.2) is 24.5 Å². The van der Waals surface area contributed by atoms with E-state index in [4.69, 9.17) is 13.9 Å². The lowest BCUT2D eigenvalue weighted by Gasteiger charge is -2.27. The molecule has 0 aliphatic carbocycles. The van der Waals surface area contributed by atoms with Crippen LogP contribution in [0.15, 0.2) is 108 Å². The third-order valence-electron chi connectivity index (χ3n) is 9.60. The van der Waals surface area contributed by atoms with Crippen molar-refractivity contribution in [2.45, 2.75) is 44.0 Å². The first-order valence-corrected chi connectivity index (χ1v) is 18.3. The molecule has 4 heterocycles. The molecule has 3 aromatic carbocycles. The van der Waals surface area contributed by atoms with Crippen molar-refractivity contribution in [2.24, 2.45) is 0 Å². The monoisotopic (exact) mass is 771 g/mol. The Morgan fingerprint density at radius 3 is 2.28 bits per heavy atom. The predicted octanol–water partition coefficient (Wildman–Crippen LogP) is 6.16. The van der Waals surface area contributed by atoms with E-state index >= 15 is 0 Å². The SMILES string of the molecule is CNC(=O)O[C@@H](C(=O)N1CCC[C@H]1c1ncc(-c2ncc(-c3cccc(-c4cnc([C@H](C)NC(=O)[C@H](NC(=O)OC)c5ccccc5)[nH]4)c3)o2)[nH]1)c1ccccc1. The summed E-state index contributed by atoms with van der Waals surface area (Å²) in [6.45, 7) is 2.27. The molecular weight excluding hydrogens is 731 g/mol. The summed E-state index contributed by atoms with van der Waals surface area (Å²) >= 11 is 0. The van der Waals surface area contributed by atoms with Gasteiger partial charge in [0.1, 0.15) is 23.4 Å². The van der Waals surface area contributed by atoms with Crippen LogP contribution in [0.1, 0.15) is 66.8 Å². The average molecular weight is 772 g/mol. The van der Waals surface area contributed by atoms with Crippen molar-refractivity contribution >= 4 is 24.0 Å². The smallest absolute Gasteiger partial charge is 0.408 e. The minimum Gasteiger partial charge on any atom is -0.453 e. The van der Waals surface area contributed by atoms with Crippen molar-refractivity contribution in [3.05, 3.63) is 126 Å². The van der Waals surface area contributed by atoms with Gasteiger partial charge >= 0.3 is 12.2 Å². The van der Waals surface area contributed by atoms with Crippen LogP contribution in [0.25, 0.3) is 34.2 Å². The molecule has 57 heavy (non-hydrogen) atoms. The first kappa shape index (κ1) is 38.1. The third-order valence-corrected chi connectivity index (χ3v) is 9.60. The van der Waals surface area contributed by atoms with E-state index in [9.17, 15) is 19.2 Å². The predicted molar refractivity (Wildman–Crippen MR) is 207 cm³/mol. The maximum absolute atomic E-state index is 13.8. The van der Waals surface area contributed by atoms with Gasteiger partial charge in [-0.05, 0) is 31.4 Å². The summed E-state index contributed by atoms with van der Waals surface area (Å²) in [5.41, 5.74) is 4.01. The van der Waals surface area contributed by atoms with Gasteiger partial charge in [0, 0.05) is 30.3 Å². The van der Waals surface area contributed by atoms with E-state index in [1.165, 1.54) is 14.2 Å². The minimum absolute atomic E-state index is 0.319. The van der Waals surface area contributed by atoms with Crippen LogP contribution in [0.4, 0.5) is 9.59 Å². The quantitative estimate of drug-likeness (QED) is 0.0957. The number of carbonyl (C=O) groups is 4. The van der Waals surface area contributed by atoms with Crippen molar-refractivity contribution in [3.8, 4) is 34.2 Å². The molecule has 16 nitrogen and oxygen atoms in total. The zero-order valence-corrected chi connectivity index (χ0v) is 31.4. The number of alkyl carbamates (subject to hydrolysis) is 2. The summed E-state index contributed by atoms with van der Waals surface area (Å²) in [7, 11) is 2.68. The van der Waals surface area contributed by atoms with E-state index in [2.05, 4.69) is 40.9 Å². The first-order chi connectivity index (χ1) is 27.7. The molecule has 1 aliphatic heterocycles. The number of hydrogen-bond donors (Lipinski definition) is 5. The Hall–Kier alpha value is -7.23. The van der Waals surface area contributed by atoms with Crippen LogP contribution in [-0.2, 0) is 19.1 Å². The van der Waals surface area contributed by atoms with Gasteiger partial charge in [-0.2, -0.15) is 0 Å². The number of H-pyrrole nitrogens is 2. The number of hydrogen-bond acceptors (Lipinski definition) is 10. The number of imidazole rings is 2. The number of aromatic amines is 2. The lowest BCUT2D eigenvalue weighted by atomic mass is 10.1. The van der Waals surface area contributed by atoms with Crippen molar-refractivity contribution < 1.29 is 33.1 Å². The summed E-state index contributed by atoms with van der Waals surface area (Å²) < 4.78 is 16.5. The number of nitrogens with zero attached hydrogens (tertiary/aromatic N) is 4. The number of amides is 4. The molecule has 7 rings (SSSR count). The molecule has 0 radical (unpaired) electrons. The largest absolute Gasteiger partial charge is 0.453 e. The van der Waals surface area contributed by atoms with Crippen molar-refractivity contribution in [2.75, 3.05) is 20.7 Å². The van der Waals surface area contributed by atoms with E-state index in [-0.39, 0.29) is 11.9 Å². The fourth-order valence-electron chi connectivity index (χ4n) is 6.70. The molecular formula is C41H41N9O7. The van der Waals surface area contributed by atoms with Crippen molar-refractivity contribution in [1.82, 2.24) is 45.8 Å². The topological polar surface area (TPSA) is 209 Å². The fraction of sp³-hybridized carbons (Fsp3) is 0.244. The number of ether oxygens (including phenoxy) is 2. The van der Waals surface area contributed by atoms with Crippen LogP contribution in [0.3, 0.4) is 0 Å². The summed E-state index contributed by atoms with van der Waals surface area (Å²) in [6.07, 6.45) is 3.81. The molecule has 0 unspecified atom stereocenters. The molecule has 292 valence electrons. The lowest BCUT2D eigenvalue weighted by Crippen LogP contribution is -2.41. The number of rotatable bonds is 12. The van der Waals surface area contributed by atoms with Crippen LogP contribution < -0.4 is 16.0 Å². The molecule has 6 aromatic rings. The van der Waals surface area contributed by atoms with E-state index in [1.54, 1.807) is 78.9 Å². The summed E-state index contributed by atoms with van der Waals surface area (Å²) in [5, 5.41) is 7.93. The lowest BCUT2D eigenvalue weighted by molar-refractivity contribution is -0.141. The van der Waals surface area contributed by atoms with Gasteiger partial charge < -0.3 is 44.7 Å². The highest BCUT2D eigenvalue weighted by Crippen LogP contribution is 2.35. The van der Waals surface area contributed by atoms with E-state index in [0.29, 0.717) is 58.8 Å². The number of methoxy groups -OCH3 is 1. The zero-order chi connectivity index (χ0) is 39.9. The average Bonchev–Trinajstić information content (AvgIpc) is 4.09. The number of oxazole rings is 1. The zero-order valence-electron chi connectivity index (χ0n) is 31.4. The molecule has 1 fully saturated rings. The molecule has 4 amide bonds. The maximum atomic E-state index is 13.8. The minimum atomic E-state index is -1.11. The Morgan fingerprint density at radius 2 is 1.54 bits per heavy atom. The molecule has 1 saturated heterocycles. The normalized spacial score (nSPS) is 15.3. The number of nitrogens with one attached hydrogen (secondary N) is 5. The van der Waals surface area contributed by atoms with Gasteiger partial charge in [-0.1, -0.05) is 78.9 Å². The van der Waals surface area contributed by atoms with Gasteiger partial charge in [-0.15, -0.1) is 0 Å². The highest BCUT2D eigenvalue weighted by atomic mass is 16.6. The maximum Gasteiger partial charge on any atom is 0.408 e. The van der Waals surface area contributed by atoms with Crippen LogP contribution in [0.5, 0.6) is 0 Å². The second-order valence-electron chi connectivity index (χ2n) is 13.3. The second kappa shape index (κ2) is 17.1. The second-order valence-corrected chi connectivity index (χ2v) is 13.3. The Kier molecular flexibility index (Phi) is 11.4. The van der Waals surface area contributed by atoms with Gasteiger partial charge in [0.15, 0.2) is 5.76 Å².